The Labute approximate surface area is 176 Å². The molecule has 1 N–H and O–H groups in total. The molecule has 4 aromatic rings. The average Bonchev–Trinajstić information content (AvgIpc) is 3.20. The number of aryl methyl sites for hydroxylation is 1. The molecule has 0 saturated carbocycles. The summed E-state index contributed by atoms with van der Waals surface area (Å²) in [6.07, 6.45) is 0. The quantitative estimate of drug-likeness (QED) is 0.504. The summed E-state index contributed by atoms with van der Waals surface area (Å²) < 4.78 is 5.74. The van der Waals surface area contributed by atoms with E-state index in [2.05, 4.69) is 22.3 Å². The Hall–Kier alpha value is -3.44. The van der Waals surface area contributed by atoms with Crippen LogP contribution in [0.25, 0.3) is 22.4 Å². The van der Waals surface area contributed by atoms with Crippen molar-refractivity contribution in [3.8, 4) is 11.5 Å². The maximum atomic E-state index is 13.2. The van der Waals surface area contributed by atoms with Gasteiger partial charge in [-0.05, 0) is 50.8 Å². The molecule has 152 valence electrons. The van der Waals surface area contributed by atoms with Crippen LogP contribution in [0.15, 0.2) is 77.2 Å². The Bertz CT molecular complexity index is 1170. The minimum Gasteiger partial charge on any atom is -0.460 e. The molecule has 2 aromatic heterocycles. The van der Waals surface area contributed by atoms with Crippen molar-refractivity contribution in [2.24, 2.45) is 0 Å². The third-order valence-corrected chi connectivity index (χ3v) is 5.22. The van der Waals surface area contributed by atoms with Gasteiger partial charge in [0.25, 0.3) is 5.91 Å². The number of benzene rings is 2. The summed E-state index contributed by atoms with van der Waals surface area (Å²) in [4.78, 5) is 20.0. The zero-order chi connectivity index (χ0) is 21.1. The van der Waals surface area contributed by atoms with Gasteiger partial charge in [-0.15, -0.1) is 0 Å². The Morgan fingerprint density at radius 2 is 1.77 bits per heavy atom. The first kappa shape index (κ1) is 19.9. The number of hydrogen-bond acceptors (Lipinski definition) is 4. The van der Waals surface area contributed by atoms with Gasteiger partial charge in [0.2, 0.25) is 0 Å². The van der Waals surface area contributed by atoms with Gasteiger partial charge in [-0.2, -0.15) is 0 Å². The molecule has 5 nitrogen and oxygen atoms in total. The largest absolute Gasteiger partial charge is 0.460 e. The number of likely N-dealkylation sites (N-methyl/N-ethyl adjacent to an activating group) is 1. The molecule has 1 unspecified atom stereocenters. The Kier molecular flexibility index (Phi) is 5.63. The first-order chi connectivity index (χ1) is 14.5. The standard InChI is InChI=1S/C25H25N3O2/c1-17-13-14-24(30-17)22-15-20(19-11-7-8-12-21(19)27-22)25(29)26-16-23(28(2)3)18-9-5-4-6-10-18/h4-15,23H,16H2,1-3H3,(H,26,29). The van der Waals surface area contributed by atoms with E-state index in [1.54, 1.807) is 0 Å². The zero-order valence-corrected chi connectivity index (χ0v) is 17.4. The summed E-state index contributed by atoms with van der Waals surface area (Å²) in [5.74, 6) is 1.34. The molecule has 2 heterocycles. The molecule has 2 aromatic carbocycles. The molecule has 5 heteroatoms. The topological polar surface area (TPSA) is 58.4 Å². The summed E-state index contributed by atoms with van der Waals surface area (Å²) in [6, 6.07) is 23.5. The van der Waals surface area contributed by atoms with E-state index in [-0.39, 0.29) is 11.9 Å². The van der Waals surface area contributed by atoms with Crippen molar-refractivity contribution in [2.45, 2.75) is 13.0 Å². The molecule has 0 aliphatic heterocycles. The lowest BCUT2D eigenvalue weighted by Crippen LogP contribution is -2.34. The van der Waals surface area contributed by atoms with Crippen LogP contribution in [0, 0.1) is 6.92 Å². The lowest BCUT2D eigenvalue weighted by atomic mass is 10.0. The second-order valence-electron chi connectivity index (χ2n) is 7.58. The highest BCUT2D eigenvalue weighted by Gasteiger charge is 2.18. The number of para-hydroxylation sites is 1. The van der Waals surface area contributed by atoms with Gasteiger partial charge in [0, 0.05) is 11.9 Å². The molecular formula is C25H25N3O2. The number of pyridine rings is 1. The minimum atomic E-state index is -0.124. The van der Waals surface area contributed by atoms with Crippen molar-refractivity contribution in [3.05, 3.63) is 89.7 Å². The van der Waals surface area contributed by atoms with Gasteiger partial charge in [-0.1, -0.05) is 48.5 Å². The van der Waals surface area contributed by atoms with E-state index in [9.17, 15) is 4.79 Å². The van der Waals surface area contributed by atoms with Crippen LogP contribution in [0.4, 0.5) is 0 Å². The maximum absolute atomic E-state index is 13.2. The van der Waals surface area contributed by atoms with Crippen molar-refractivity contribution >= 4 is 16.8 Å². The van der Waals surface area contributed by atoms with Gasteiger partial charge in [-0.3, -0.25) is 4.79 Å². The highest BCUT2D eigenvalue weighted by Crippen LogP contribution is 2.26. The number of fused-ring (bicyclic) bond motifs is 1. The van der Waals surface area contributed by atoms with Crippen LogP contribution in [-0.4, -0.2) is 36.4 Å². The summed E-state index contributed by atoms with van der Waals surface area (Å²) in [5.41, 5.74) is 3.17. The Morgan fingerprint density at radius 1 is 1.03 bits per heavy atom. The number of hydrogen-bond donors (Lipinski definition) is 1. The zero-order valence-electron chi connectivity index (χ0n) is 17.4. The lowest BCUT2D eigenvalue weighted by molar-refractivity contribution is 0.0943. The summed E-state index contributed by atoms with van der Waals surface area (Å²) in [7, 11) is 4.03. The molecule has 4 rings (SSSR count). The molecule has 0 spiro atoms. The van der Waals surface area contributed by atoms with Gasteiger partial charge in [0.1, 0.15) is 11.5 Å². The van der Waals surface area contributed by atoms with Gasteiger partial charge >= 0.3 is 0 Å². The van der Waals surface area contributed by atoms with Gasteiger partial charge in [0.05, 0.1) is 17.1 Å². The SMILES string of the molecule is Cc1ccc(-c2cc(C(=O)NCC(c3ccccc3)N(C)C)c3ccccc3n2)o1. The van der Waals surface area contributed by atoms with E-state index in [0.29, 0.717) is 23.6 Å². The Balaban J connectivity index is 1.65. The van der Waals surface area contributed by atoms with Crippen LogP contribution in [0.2, 0.25) is 0 Å². The van der Waals surface area contributed by atoms with Crippen LogP contribution in [0.3, 0.4) is 0 Å². The number of carbonyl (C=O) groups excluding carboxylic acids is 1. The number of amides is 1. The number of nitrogens with zero attached hydrogens (tertiary/aromatic N) is 2. The van der Waals surface area contributed by atoms with E-state index in [1.807, 2.05) is 81.7 Å². The summed E-state index contributed by atoms with van der Waals surface area (Å²) in [6.45, 7) is 2.39. The van der Waals surface area contributed by atoms with Crippen molar-refractivity contribution in [1.82, 2.24) is 15.2 Å². The second kappa shape index (κ2) is 8.51. The second-order valence-corrected chi connectivity index (χ2v) is 7.58. The van der Waals surface area contributed by atoms with Crippen molar-refractivity contribution < 1.29 is 9.21 Å². The number of nitrogens with one attached hydrogen (secondary N) is 1. The summed E-state index contributed by atoms with van der Waals surface area (Å²) in [5, 5.41) is 3.94. The predicted octanol–water partition coefficient (Wildman–Crippen LogP) is 4.84. The van der Waals surface area contributed by atoms with Gasteiger partial charge in [-0.25, -0.2) is 4.98 Å². The predicted molar refractivity (Wildman–Crippen MR) is 119 cm³/mol. The van der Waals surface area contributed by atoms with Crippen molar-refractivity contribution in [3.63, 3.8) is 0 Å². The average molecular weight is 399 g/mol. The van der Waals surface area contributed by atoms with Crippen molar-refractivity contribution in [2.75, 3.05) is 20.6 Å². The minimum absolute atomic E-state index is 0.0791. The highest BCUT2D eigenvalue weighted by molar-refractivity contribution is 6.07. The highest BCUT2D eigenvalue weighted by atomic mass is 16.3. The number of rotatable bonds is 6. The molecule has 30 heavy (non-hydrogen) atoms. The summed E-state index contributed by atoms with van der Waals surface area (Å²) >= 11 is 0. The fourth-order valence-corrected chi connectivity index (χ4v) is 3.62. The molecule has 0 bridgehead atoms. The first-order valence-corrected chi connectivity index (χ1v) is 9.99. The van der Waals surface area contributed by atoms with Crippen LogP contribution < -0.4 is 5.32 Å². The van der Waals surface area contributed by atoms with E-state index < -0.39 is 0 Å². The smallest absolute Gasteiger partial charge is 0.252 e. The monoisotopic (exact) mass is 399 g/mol. The van der Waals surface area contributed by atoms with Crippen LogP contribution in [0.1, 0.15) is 27.7 Å². The Morgan fingerprint density at radius 3 is 2.47 bits per heavy atom. The van der Waals surface area contributed by atoms with Crippen LogP contribution >= 0.6 is 0 Å². The fraction of sp³-hybridized carbons (Fsp3) is 0.200. The van der Waals surface area contributed by atoms with E-state index in [0.717, 1.165) is 22.2 Å². The van der Waals surface area contributed by atoms with Gasteiger partial charge in [0.15, 0.2) is 5.76 Å². The number of carbonyl (C=O) groups is 1. The van der Waals surface area contributed by atoms with Gasteiger partial charge < -0.3 is 14.6 Å². The maximum Gasteiger partial charge on any atom is 0.252 e. The van der Waals surface area contributed by atoms with E-state index in [4.69, 9.17) is 9.40 Å². The molecule has 0 saturated heterocycles. The molecule has 1 atom stereocenters. The van der Waals surface area contributed by atoms with Crippen LogP contribution in [-0.2, 0) is 0 Å². The molecular weight excluding hydrogens is 374 g/mol. The first-order valence-electron chi connectivity index (χ1n) is 9.99. The molecule has 0 aliphatic carbocycles. The van der Waals surface area contributed by atoms with E-state index in [1.165, 1.54) is 0 Å². The third kappa shape index (κ3) is 4.11. The molecule has 0 radical (unpaired) electrons. The van der Waals surface area contributed by atoms with Crippen molar-refractivity contribution in [1.29, 1.82) is 0 Å². The number of furan rings is 1. The molecule has 1 amide bonds. The number of aromatic nitrogens is 1. The van der Waals surface area contributed by atoms with Crippen LogP contribution in [0.5, 0.6) is 0 Å². The normalized spacial score (nSPS) is 12.3. The third-order valence-electron chi connectivity index (χ3n) is 5.22. The van der Waals surface area contributed by atoms with E-state index >= 15 is 0 Å². The molecule has 0 aliphatic rings. The molecule has 0 fully saturated rings. The lowest BCUT2D eigenvalue weighted by Gasteiger charge is -2.25. The fourth-order valence-electron chi connectivity index (χ4n) is 3.62.